The van der Waals surface area contributed by atoms with Crippen molar-refractivity contribution < 1.29 is 9.53 Å². The third kappa shape index (κ3) is 5.63. The van der Waals surface area contributed by atoms with Crippen molar-refractivity contribution in [3.8, 4) is 5.88 Å². The Hall–Kier alpha value is -1.62. The van der Waals surface area contributed by atoms with Gasteiger partial charge in [-0.3, -0.25) is 4.79 Å². The summed E-state index contributed by atoms with van der Waals surface area (Å²) in [5.41, 5.74) is 6.35. The van der Waals surface area contributed by atoms with Gasteiger partial charge in [-0.1, -0.05) is 12.5 Å². The molecule has 0 aliphatic carbocycles. The number of nitrogens with two attached hydrogens (primary N) is 1. The molecule has 1 aromatic rings. The molecule has 0 radical (unpaired) electrons. The normalized spacial score (nSPS) is 10.1. The number of rotatable bonds is 8. The predicted molar refractivity (Wildman–Crippen MR) is 70.2 cm³/mol. The number of aromatic nitrogens is 1. The number of nitrogens with one attached hydrogen (secondary N) is 1. The first kappa shape index (κ1) is 14.4. The SMILES string of the molecule is COc1ccc(CNC(=O)CCCCCN)cn1. The lowest BCUT2D eigenvalue weighted by Gasteiger charge is -2.05. The maximum atomic E-state index is 11.5. The molecule has 0 spiro atoms. The molecule has 18 heavy (non-hydrogen) atoms. The molecule has 0 bridgehead atoms. The summed E-state index contributed by atoms with van der Waals surface area (Å²) >= 11 is 0. The number of carbonyl (C=O) groups is 1. The second kappa shape index (κ2) is 8.47. The minimum absolute atomic E-state index is 0.0721. The van der Waals surface area contributed by atoms with E-state index in [2.05, 4.69) is 10.3 Å². The van der Waals surface area contributed by atoms with Crippen molar-refractivity contribution in [1.29, 1.82) is 0 Å². The fourth-order valence-corrected chi connectivity index (χ4v) is 1.53. The average molecular weight is 251 g/mol. The van der Waals surface area contributed by atoms with E-state index in [1.54, 1.807) is 19.4 Å². The standard InChI is InChI=1S/C13H21N3O2/c1-18-13-7-6-11(10-16-13)9-15-12(17)5-3-2-4-8-14/h6-7,10H,2-5,8-9,14H2,1H3,(H,15,17). The molecule has 0 aromatic carbocycles. The Balaban J connectivity index is 2.20. The molecule has 5 heteroatoms. The highest BCUT2D eigenvalue weighted by atomic mass is 16.5. The van der Waals surface area contributed by atoms with Crippen LogP contribution < -0.4 is 15.8 Å². The lowest BCUT2D eigenvalue weighted by molar-refractivity contribution is -0.121. The van der Waals surface area contributed by atoms with E-state index in [0.717, 1.165) is 24.8 Å². The van der Waals surface area contributed by atoms with Gasteiger partial charge in [0.05, 0.1) is 7.11 Å². The van der Waals surface area contributed by atoms with Crippen LogP contribution in [0.4, 0.5) is 0 Å². The molecule has 5 nitrogen and oxygen atoms in total. The summed E-state index contributed by atoms with van der Waals surface area (Å²) in [6.07, 6.45) is 5.14. The lowest BCUT2D eigenvalue weighted by atomic mass is 10.2. The fourth-order valence-electron chi connectivity index (χ4n) is 1.53. The van der Waals surface area contributed by atoms with Gasteiger partial charge < -0.3 is 15.8 Å². The highest BCUT2D eigenvalue weighted by Gasteiger charge is 2.01. The van der Waals surface area contributed by atoms with E-state index in [0.29, 0.717) is 25.4 Å². The van der Waals surface area contributed by atoms with Crippen LogP contribution in [0.1, 0.15) is 31.2 Å². The van der Waals surface area contributed by atoms with Gasteiger partial charge in [0, 0.05) is 25.2 Å². The van der Waals surface area contributed by atoms with E-state index in [9.17, 15) is 4.79 Å². The van der Waals surface area contributed by atoms with Crippen LogP contribution in [-0.4, -0.2) is 24.5 Å². The van der Waals surface area contributed by atoms with Gasteiger partial charge in [0.2, 0.25) is 11.8 Å². The Kier molecular flexibility index (Phi) is 6.79. The molecule has 1 aromatic heterocycles. The number of amides is 1. The third-order valence-electron chi connectivity index (χ3n) is 2.60. The third-order valence-corrected chi connectivity index (χ3v) is 2.60. The summed E-state index contributed by atoms with van der Waals surface area (Å²) in [4.78, 5) is 15.6. The molecule has 0 saturated heterocycles. The molecular formula is C13H21N3O2. The molecule has 0 saturated carbocycles. The highest BCUT2D eigenvalue weighted by molar-refractivity contribution is 5.75. The Morgan fingerprint density at radius 2 is 2.22 bits per heavy atom. The Labute approximate surface area is 108 Å². The van der Waals surface area contributed by atoms with Gasteiger partial charge in [-0.2, -0.15) is 0 Å². The highest BCUT2D eigenvalue weighted by Crippen LogP contribution is 2.06. The van der Waals surface area contributed by atoms with E-state index < -0.39 is 0 Å². The zero-order chi connectivity index (χ0) is 13.2. The maximum Gasteiger partial charge on any atom is 0.220 e. The van der Waals surface area contributed by atoms with Crippen molar-refractivity contribution in [2.75, 3.05) is 13.7 Å². The largest absolute Gasteiger partial charge is 0.481 e. The minimum Gasteiger partial charge on any atom is -0.481 e. The first-order valence-corrected chi connectivity index (χ1v) is 6.22. The zero-order valence-corrected chi connectivity index (χ0v) is 10.8. The smallest absolute Gasteiger partial charge is 0.220 e. The first-order chi connectivity index (χ1) is 8.76. The Bertz CT molecular complexity index is 352. The Morgan fingerprint density at radius 1 is 1.39 bits per heavy atom. The minimum atomic E-state index is 0.0721. The summed E-state index contributed by atoms with van der Waals surface area (Å²) in [6, 6.07) is 3.67. The van der Waals surface area contributed by atoms with Crippen molar-refractivity contribution in [2.45, 2.75) is 32.2 Å². The zero-order valence-electron chi connectivity index (χ0n) is 10.8. The lowest BCUT2D eigenvalue weighted by Crippen LogP contribution is -2.22. The van der Waals surface area contributed by atoms with Gasteiger partial charge in [-0.15, -0.1) is 0 Å². The molecule has 0 unspecified atom stereocenters. The average Bonchev–Trinajstić information content (AvgIpc) is 2.42. The van der Waals surface area contributed by atoms with Crippen LogP contribution in [0.25, 0.3) is 0 Å². The van der Waals surface area contributed by atoms with Crippen molar-refractivity contribution in [3.05, 3.63) is 23.9 Å². The molecule has 3 N–H and O–H groups in total. The van der Waals surface area contributed by atoms with E-state index in [4.69, 9.17) is 10.5 Å². The molecule has 0 fully saturated rings. The van der Waals surface area contributed by atoms with Gasteiger partial charge in [0.15, 0.2) is 0 Å². The maximum absolute atomic E-state index is 11.5. The number of unbranched alkanes of at least 4 members (excludes halogenated alkanes) is 2. The summed E-state index contributed by atoms with van der Waals surface area (Å²) < 4.78 is 4.96. The van der Waals surface area contributed by atoms with E-state index in [1.807, 2.05) is 6.07 Å². The number of hydrogen-bond acceptors (Lipinski definition) is 4. The van der Waals surface area contributed by atoms with Crippen LogP contribution in [0.5, 0.6) is 5.88 Å². The molecule has 1 rings (SSSR count). The Morgan fingerprint density at radius 3 is 2.83 bits per heavy atom. The van der Waals surface area contributed by atoms with E-state index >= 15 is 0 Å². The molecule has 0 aliphatic rings. The van der Waals surface area contributed by atoms with Gasteiger partial charge >= 0.3 is 0 Å². The second-order valence-electron chi connectivity index (χ2n) is 4.08. The van der Waals surface area contributed by atoms with Gasteiger partial charge in [-0.05, 0) is 24.9 Å². The van der Waals surface area contributed by atoms with Gasteiger partial charge in [0.1, 0.15) is 0 Å². The molecule has 100 valence electrons. The van der Waals surface area contributed by atoms with Crippen LogP contribution in [0.15, 0.2) is 18.3 Å². The number of carbonyl (C=O) groups excluding carboxylic acids is 1. The van der Waals surface area contributed by atoms with Crippen molar-refractivity contribution in [2.24, 2.45) is 5.73 Å². The van der Waals surface area contributed by atoms with Crippen molar-refractivity contribution >= 4 is 5.91 Å². The number of hydrogen-bond donors (Lipinski definition) is 2. The number of ether oxygens (including phenoxy) is 1. The van der Waals surface area contributed by atoms with Crippen molar-refractivity contribution in [3.63, 3.8) is 0 Å². The van der Waals surface area contributed by atoms with Crippen LogP contribution in [-0.2, 0) is 11.3 Å². The second-order valence-corrected chi connectivity index (χ2v) is 4.08. The van der Waals surface area contributed by atoms with Crippen LogP contribution in [0.3, 0.4) is 0 Å². The van der Waals surface area contributed by atoms with Crippen LogP contribution in [0.2, 0.25) is 0 Å². The van der Waals surface area contributed by atoms with E-state index in [-0.39, 0.29) is 5.91 Å². The monoisotopic (exact) mass is 251 g/mol. The molecule has 1 amide bonds. The molecule has 0 aliphatic heterocycles. The fraction of sp³-hybridized carbons (Fsp3) is 0.538. The number of nitrogens with zero attached hydrogens (tertiary/aromatic N) is 1. The summed E-state index contributed by atoms with van der Waals surface area (Å²) in [5.74, 6) is 0.648. The number of pyridine rings is 1. The van der Waals surface area contributed by atoms with E-state index in [1.165, 1.54) is 0 Å². The topological polar surface area (TPSA) is 77.2 Å². The van der Waals surface area contributed by atoms with Gasteiger partial charge in [0.25, 0.3) is 0 Å². The molecular weight excluding hydrogens is 230 g/mol. The molecule has 0 atom stereocenters. The summed E-state index contributed by atoms with van der Waals surface area (Å²) in [5, 5.41) is 2.86. The van der Waals surface area contributed by atoms with Crippen LogP contribution in [0, 0.1) is 0 Å². The number of methoxy groups -OCH3 is 1. The van der Waals surface area contributed by atoms with Crippen LogP contribution >= 0.6 is 0 Å². The predicted octanol–water partition coefficient (Wildman–Crippen LogP) is 1.23. The molecule has 1 heterocycles. The summed E-state index contributed by atoms with van der Waals surface area (Å²) in [7, 11) is 1.57. The van der Waals surface area contributed by atoms with Crippen molar-refractivity contribution in [1.82, 2.24) is 10.3 Å². The van der Waals surface area contributed by atoms with Gasteiger partial charge in [-0.25, -0.2) is 4.98 Å². The quantitative estimate of drug-likeness (QED) is 0.681. The summed E-state index contributed by atoms with van der Waals surface area (Å²) in [6.45, 7) is 1.20. The first-order valence-electron chi connectivity index (χ1n) is 6.22.